The molecule has 1 amide bonds. The van der Waals surface area contributed by atoms with Gasteiger partial charge in [0.05, 0.1) is 12.3 Å². The van der Waals surface area contributed by atoms with Crippen LogP contribution in [-0.2, 0) is 9.53 Å². The molecule has 1 aliphatic rings. The molecule has 24 heavy (non-hydrogen) atoms. The number of amides is 1. The topological polar surface area (TPSA) is 93.5 Å². The number of ether oxygens (including phenoxy) is 1. The standard InChI is InChI=1S/C16H16FN3O4/c1-10-8-11(17)2-3-13(10)20-6-4-12(19-20)14(21)18-16(15(22)23)5-7-24-9-16/h2-4,6,8H,5,7,9H2,1H3,(H,18,21)(H,22,23). The monoisotopic (exact) mass is 333 g/mol. The number of benzene rings is 1. The van der Waals surface area contributed by atoms with Crippen molar-refractivity contribution in [2.75, 3.05) is 13.2 Å². The Bertz CT molecular complexity index is 796. The molecule has 1 unspecified atom stereocenters. The van der Waals surface area contributed by atoms with Crippen LogP contribution in [0.3, 0.4) is 0 Å². The Kier molecular flexibility index (Phi) is 4.06. The molecular formula is C16H16FN3O4. The summed E-state index contributed by atoms with van der Waals surface area (Å²) in [5.41, 5.74) is -0.0535. The van der Waals surface area contributed by atoms with Gasteiger partial charge >= 0.3 is 5.97 Å². The quantitative estimate of drug-likeness (QED) is 0.879. The summed E-state index contributed by atoms with van der Waals surface area (Å²) in [5.74, 6) is -2.09. The molecule has 1 fully saturated rings. The summed E-state index contributed by atoms with van der Waals surface area (Å²) in [6.45, 7) is 1.93. The van der Waals surface area contributed by atoms with E-state index < -0.39 is 17.4 Å². The first-order chi connectivity index (χ1) is 11.4. The Labute approximate surface area is 137 Å². The molecule has 2 aromatic rings. The largest absolute Gasteiger partial charge is 0.479 e. The summed E-state index contributed by atoms with van der Waals surface area (Å²) in [5, 5.41) is 16.0. The summed E-state index contributed by atoms with van der Waals surface area (Å²) in [6.07, 6.45) is 1.76. The van der Waals surface area contributed by atoms with E-state index in [2.05, 4.69) is 10.4 Å². The number of hydrogen-bond acceptors (Lipinski definition) is 4. The molecule has 1 aromatic heterocycles. The molecule has 2 N–H and O–H groups in total. The number of nitrogens with one attached hydrogen (secondary N) is 1. The van der Waals surface area contributed by atoms with E-state index in [9.17, 15) is 19.1 Å². The van der Waals surface area contributed by atoms with Crippen molar-refractivity contribution in [1.29, 1.82) is 0 Å². The molecule has 126 valence electrons. The SMILES string of the molecule is Cc1cc(F)ccc1-n1ccc(C(=O)NC2(C(=O)O)CCOC2)n1. The number of aryl methyl sites for hydroxylation is 1. The fourth-order valence-corrected chi connectivity index (χ4v) is 2.62. The van der Waals surface area contributed by atoms with E-state index in [0.717, 1.165) is 0 Å². The van der Waals surface area contributed by atoms with Crippen molar-refractivity contribution in [3.8, 4) is 5.69 Å². The first-order valence-corrected chi connectivity index (χ1v) is 7.37. The van der Waals surface area contributed by atoms with Gasteiger partial charge in [-0.05, 0) is 36.8 Å². The van der Waals surface area contributed by atoms with Crippen LogP contribution in [0.15, 0.2) is 30.5 Å². The molecule has 1 aliphatic heterocycles. The summed E-state index contributed by atoms with van der Waals surface area (Å²) in [4.78, 5) is 23.8. The van der Waals surface area contributed by atoms with Crippen molar-refractivity contribution in [2.24, 2.45) is 0 Å². The molecule has 0 spiro atoms. The Morgan fingerprint density at radius 1 is 1.42 bits per heavy atom. The van der Waals surface area contributed by atoms with Crippen LogP contribution < -0.4 is 5.32 Å². The normalized spacial score (nSPS) is 20.1. The lowest BCUT2D eigenvalue weighted by Gasteiger charge is -2.22. The minimum Gasteiger partial charge on any atom is -0.479 e. The average molecular weight is 333 g/mol. The molecule has 0 bridgehead atoms. The Hall–Kier alpha value is -2.74. The van der Waals surface area contributed by atoms with Crippen LogP contribution in [0.1, 0.15) is 22.5 Å². The second-order valence-corrected chi connectivity index (χ2v) is 5.72. The van der Waals surface area contributed by atoms with E-state index in [0.29, 0.717) is 11.3 Å². The highest BCUT2D eigenvalue weighted by Crippen LogP contribution is 2.20. The van der Waals surface area contributed by atoms with E-state index in [1.54, 1.807) is 19.2 Å². The van der Waals surface area contributed by atoms with E-state index in [1.165, 1.54) is 22.9 Å². The molecule has 8 heteroatoms. The summed E-state index contributed by atoms with van der Waals surface area (Å²) in [7, 11) is 0. The first-order valence-electron chi connectivity index (χ1n) is 7.37. The van der Waals surface area contributed by atoms with Gasteiger partial charge in [0.25, 0.3) is 5.91 Å². The van der Waals surface area contributed by atoms with Crippen molar-refractivity contribution in [2.45, 2.75) is 18.9 Å². The van der Waals surface area contributed by atoms with Crippen LogP contribution in [0.2, 0.25) is 0 Å². The van der Waals surface area contributed by atoms with Crippen LogP contribution in [0.4, 0.5) is 4.39 Å². The smallest absolute Gasteiger partial charge is 0.331 e. The zero-order chi connectivity index (χ0) is 17.3. The van der Waals surface area contributed by atoms with Gasteiger partial charge in [-0.3, -0.25) is 4.79 Å². The predicted molar refractivity (Wildman–Crippen MR) is 81.5 cm³/mol. The second kappa shape index (κ2) is 6.04. The van der Waals surface area contributed by atoms with Crippen LogP contribution >= 0.6 is 0 Å². The van der Waals surface area contributed by atoms with Crippen LogP contribution in [-0.4, -0.2) is 45.5 Å². The molecule has 1 saturated heterocycles. The lowest BCUT2D eigenvalue weighted by atomic mass is 9.99. The number of halogens is 1. The van der Waals surface area contributed by atoms with Gasteiger partial charge in [0, 0.05) is 19.2 Å². The third-order valence-electron chi connectivity index (χ3n) is 4.01. The summed E-state index contributed by atoms with van der Waals surface area (Å²) in [6, 6.07) is 5.71. The molecular weight excluding hydrogens is 317 g/mol. The van der Waals surface area contributed by atoms with E-state index >= 15 is 0 Å². The molecule has 0 aliphatic carbocycles. The fourth-order valence-electron chi connectivity index (χ4n) is 2.62. The molecule has 7 nitrogen and oxygen atoms in total. The van der Waals surface area contributed by atoms with Crippen molar-refractivity contribution >= 4 is 11.9 Å². The summed E-state index contributed by atoms with van der Waals surface area (Å²) < 4.78 is 19.7. The highest BCUT2D eigenvalue weighted by Gasteiger charge is 2.44. The predicted octanol–water partition coefficient (Wildman–Crippen LogP) is 1.29. The summed E-state index contributed by atoms with van der Waals surface area (Å²) >= 11 is 0. The van der Waals surface area contributed by atoms with E-state index in [1.807, 2.05) is 0 Å². The van der Waals surface area contributed by atoms with Gasteiger partial charge in [-0.15, -0.1) is 0 Å². The van der Waals surface area contributed by atoms with Gasteiger partial charge < -0.3 is 15.2 Å². The molecule has 0 radical (unpaired) electrons. The van der Waals surface area contributed by atoms with Gasteiger partial charge in [-0.25, -0.2) is 13.9 Å². The fraction of sp³-hybridized carbons (Fsp3) is 0.312. The third kappa shape index (κ3) is 2.88. The van der Waals surface area contributed by atoms with Gasteiger partial charge in [0.2, 0.25) is 0 Å². The lowest BCUT2D eigenvalue weighted by molar-refractivity contribution is -0.144. The molecule has 0 saturated carbocycles. The number of carbonyl (C=O) groups excluding carboxylic acids is 1. The molecule has 1 atom stereocenters. The van der Waals surface area contributed by atoms with Gasteiger partial charge in [0.1, 0.15) is 5.82 Å². The highest BCUT2D eigenvalue weighted by atomic mass is 19.1. The number of rotatable bonds is 4. The van der Waals surface area contributed by atoms with E-state index in [-0.39, 0.29) is 31.1 Å². The minimum atomic E-state index is -1.42. The number of hydrogen-bond donors (Lipinski definition) is 2. The maximum atomic E-state index is 13.2. The number of carbonyl (C=O) groups is 2. The Morgan fingerprint density at radius 3 is 2.83 bits per heavy atom. The van der Waals surface area contributed by atoms with Crippen molar-refractivity contribution in [3.63, 3.8) is 0 Å². The third-order valence-corrected chi connectivity index (χ3v) is 4.01. The number of carboxylic acids is 1. The molecule has 3 rings (SSSR count). The maximum absolute atomic E-state index is 13.2. The van der Waals surface area contributed by atoms with Crippen LogP contribution in [0, 0.1) is 12.7 Å². The Morgan fingerprint density at radius 2 is 2.21 bits per heavy atom. The van der Waals surface area contributed by atoms with Crippen molar-refractivity contribution in [3.05, 3.63) is 47.5 Å². The first kappa shape index (κ1) is 16.1. The molecule has 1 aromatic carbocycles. The maximum Gasteiger partial charge on any atom is 0.331 e. The molecule has 2 heterocycles. The number of carboxylic acid groups (broad SMARTS) is 1. The van der Waals surface area contributed by atoms with Gasteiger partial charge in [-0.2, -0.15) is 5.10 Å². The lowest BCUT2D eigenvalue weighted by Crippen LogP contribution is -2.55. The zero-order valence-electron chi connectivity index (χ0n) is 13.0. The van der Waals surface area contributed by atoms with Crippen LogP contribution in [0.5, 0.6) is 0 Å². The van der Waals surface area contributed by atoms with Gasteiger partial charge in [0.15, 0.2) is 11.2 Å². The number of aromatic nitrogens is 2. The zero-order valence-corrected chi connectivity index (χ0v) is 13.0. The average Bonchev–Trinajstić information content (AvgIpc) is 3.17. The van der Waals surface area contributed by atoms with Crippen molar-refractivity contribution in [1.82, 2.24) is 15.1 Å². The second-order valence-electron chi connectivity index (χ2n) is 5.72. The highest BCUT2D eigenvalue weighted by molar-refractivity contribution is 5.96. The minimum absolute atomic E-state index is 0.0752. The van der Waals surface area contributed by atoms with Crippen molar-refractivity contribution < 1.29 is 23.8 Å². The number of aliphatic carboxylic acids is 1. The van der Waals surface area contributed by atoms with Gasteiger partial charge in [-0.1, -0.05) is 0 Å². The van der Waals surface area contributed by atoms with E-state index in [4.69, 9.17) is 4.74 Å². The Balaban J connectivity index is 1.82. The number of nitrogens with zero attached hydrogens (tertiary/aromatic N) is 2. The van der Waals surface area contributed by atoms with Crippen LogP contribution in [0.25, 0.3) is 5.69 Å².